The number of methoxy groups -OCH3 is 1. The molecule has 0 fully saturated rings. The van der Waals surface area contributed by atoms with Crippen LogP contribution >= 0.6 is 11.6 Å². The molecule has 22 heavy (non-hydrogen) atoms. The number of anilines is 2. The van der Waals surface area contributed by atoms with Gasteiger partial charge in [-0.2, -0.15) is 0 Å². The molecule has 116 valence electrons. The van der Waals surface area contributed by atoms with Gasteiger partial charge in [0.05, 0.1) is 25.0 Å². The maximum atomic E-state index is 13.4. The number of ether oxygens (including phenoxy) is 1. The standard InChI is InChI=1S/C15H13ClF2N2O2/c1-22-14-5-2-9(16)6-13(14)19-8-15(21)20-12-4-3-10(17)7-11(12)18/h2-7,19H,8H2,1H3,(H,20,21). The van der Waals surface area contributed by atoms with Gasteiger partial charge in [-0.15, -0.1) is 0 Å². The number of nitrogens with one attached hydrogen (secondary N) is 2. The van der Waals surface area contributed by atoms with E-state index in [-0.39, 0.29) is 12.2 Å². The van der Waals surface area contributed by atoms with Gasteiger partial charge < -0.3 is 15.4 Å². The molecule has 0 aliphatic heterocycles. The van der Waals surface area contributed by atoms with Crippen LogP contribution in [0.4, 0.5) is 20.2 Å². The highest BCUT2D eigenvalue weighted by Gasteiger charge is 2.09. The molecule has 0 saturated carbocycles. The second-order valence-corrected chi connectivity index (χ2v) is 4.81. The van der Waals surface area contributed by atoms with Gasteiger partial charge in [0.1, 0.15) is 17.4 Å². The monoisotopic (exact) mass is 326 g/mol. The molecular formula is C15H13ClF2N2O2. The SMILES string of the molecule is COc1ccc(Cl)cc1NCC(=O)Nc1ccc(F)cc1F. The number of rotatable bonds is 5. The van der Waals surface area contributed by atoms with E-state index in [2.05, 4.69) is 10.6 Å². The number of carbonyl (C=O) groups is 1. The van der Waals surface area contributed by atoms with E-state index < -0.39 is 17.5 Å². The number of hydrogen-bond acceptors (Lipinski definition) is 3. The Morgan fingerprint density at radius 2 is 1.95 bits per heavy atom. The lowest BCUT2D eigenvalue weighted by Crippen LogP contribution is -2.22. The Morgan fingerprint density at radius 3 is 2.64 bits per heavy atom. The third kappa shape index (κ3) is 4.08. The largest absolute Gasteiger partial charge is 0.495 e. The molecule has 0 spiro atoms. The van der Waals surface area contributed by atoms with Crippen molar-refractivity contribution >= 4 is 28.9 Å². The normalized spacial score (nSPS) is 10.2. The van der Waals surface area contributed by atoms with Gasteiger partial charge in [-0.25, -0.2) is 8.78 Å². The summed E-state index contributed by atoms with van der Waals surface area (Å²) >= 11 is 5.87. The predicted octanol–water partition coefficient (Wildman–Crippen LogP) is 3.68. The van der Waals surface area contributed by atoms with Gasteiger partial charge in [0, 0.05) is 11.1 Å². The average molecular weight is 327 g/mol. The number of carbonyl (C=O) groups excluding carboxylic acids is 1. The summed E-state index contributed by atoms with van der Waals surface area (Å²) in [5.74, 6) is -1.52. The van der Waals surface area contributed by atoms with Gasteiger partial charge in [0.2, 0.25) is 5.91 Å². The third-order valence-corrected chi connectivity index (χ3v) is 3.04. The maximum Gasteiger partial charge on any atom is 0.243 e. The summed E-state index contributed by atoms with van der Waals surface area (Å²) in [4.78, 5) is 11.8. The van der Waals surface area contributed by atoms with Gasteiger partial charge in [-0.05, 0) is 30.3 Å². The molecule has 2 aromatic rings. The summed E-state index contributed by atoms with van der Waals surface area (Å²) in [5.41, 5.74) is 0.441. The zero-order valence-electron chi connectivity index (χ0n) is 11.6. The van der Waals surface area contributed by atoms with Crippen molar-refractivity contribution in [1.82, 2.24) is 0 Å². The fourth-order valence-electron chi connectivity index (χ4n) is 1.78. The van der Waals surface area contributed by atoms with E-state index in [1.54, 1.807) is 18.2 Å². The molecular weight excluding hydrogens is 314 g/mol. The van der Waals surface area contributed by atoms with Crippen LogP contribution in [-0.2, 0) is 4.79 Å². The topological polar surface area (TPSA) is 50.4 Å². The highest BCUT2D eigenvalue weighted by molar-refractivity contribution is 6.30. The van der Waals surface area contributed by atoms with Crippen LogP contribution in [0.1, 0.15) is 0 Å². The van der Waals surface area contributed by atoms with Gasteiger partial charge in [-0.3, -0.25) is 4.79 Å². The van der Waals surface area contributed by atoms with Crippen molar-refractivity contribution in [3.05, 3.63) is 53.1 Å². The van der Waals surface area contributed by atoms with Crippen molar-refractivity contribution in [2.24, 2.45) is 0 Å². The molecule has 2 aromatic carbocycles. The molecule has 0 aliphatic rings. The smallest absolute Gasteiger partial charge is 0.243 e. The summed E-state index contributed by atoms with van der Waals surface area (Å²) in [6.45, 7) is -0.131. The van der Waals surface area contributed by atoms with Crippen LogP contribution in [0.3, 0.4) is 0 Å². The van der Waals surface area contributed by atoms with E-state index in [1.807, 2.05) is 0 Å². The minimum atomic E-state index is -0.839. The lowest BCUT2D eigenvalue weighted by atomic mass is 10.2. The van der Waals surface area contributed by atoms with E-state index in [4.69, 9.17) is 16.3 Å². The van der Waals surface area contributed by atoms with Gasteiger partial charge >= 0.3 is 0 Å². The lowest BCUT2D eigenvalue weighted by Gasteiger charge is -2.12. The first-order chi connectivity index (χ1) is 10.5. The Hall–Kier alpha value is -2.34. The number of hydrogen-bond donors (Lipinski definition) is 2. The maximum absolute atomic E-state index is 13.4. The van der Waals surface area contributed by atoms with Crippen LogP contribution in [0.15, 0.2) is 36.4 Å². The zero-order chi connectivity index (χ0) is 16.1. The summed E-state index contributed by atoms with van der Waals surface area (Å²) in [6, 6.07) is 7.82. The Balaban J connectivity index is 2.00. The molecule has 2 rings (SSSR count). The number of benzene rings is 2. The Bertz CT molecular complexity index is 695. The molecule has 0 bridgehead atoms. The van der Waals surface area contributed by atoms with E-state index in [0.717, 1.165) is 12.1 Å². The predicted molar refractivity (Wildman–Crippen MR) is 81.5 cm³/mol. The van der Waals surface area contributed by atoms with Crippen molar-refractivity contribution < 1.29 is 18.3 Å². The zero-order valence-corrected chi connectivity index (χ0v) is 12.4. The first-order valence-corrected chi connectivity index (χ1v) is 6.69. The molecule has 0 radical (unpaired) electrons. The molecule has 4 nitrogen and oxygen atoms in total. The van der Waals surface area contributed by atoms with E-state index in [9.17, 15) is 13.6 Å². The van der Waals surface area contributed by atoms with Gasteiger partial charge in [0.15, 0.2) is 0 Å². The van der Waals surface area contributed by atoms with E-state index in [0.29, 0.717) is 22.5 Å². The second-order valence-electron chi connectivity index (χ2n) is 4.37. The molecule has 0 heterocycles. The quantitative estimate of drug-likeness (QED) is 0.881. The van der Waals surface area contributed by atoms with Crippen molar-refractivity contribution in [1.29, 1.82) is 0 Å². The van der Waals surface area contributed by atoms with Gasteiger partial charge in [-0.1, -0.05) is 11.6 Å². The number of halogens is 3. The fourth-order valence-corrected chi connectivity index (χ4v) is 1.95. The second kappa shape index (κ2) is 7.09. The molecule has 0 atom stereocenters. The first-order valence-electron chi connectivity index (χ1n) is 6.32. The molecule has 2 N–H and O–H groups in total. The van der Waals surface area contributed by atoms with Crippen molar-refractivity contribution in [2.45, 2.75) is 0 Å². The van der Waals surface area contributed by atoms with Crippen LogP contribution in [0, 0.1) is 11.6 Å². The van der Waals surface area contributed by atoms with E-state index >= 15 is 0 Å². The van der Waals surface area contributed by atoms with Crippen LogP contribution in [0.5, 0.6) is 5.75 Å². The van der Waals surface area contributed by atoms with Crippen LogP contribution in [0.25, 0.3) is 0 Å². The highest BCUT2D eigenvalue weighted by Crippen LogP contribution is 2.27. The molecule has 0 unspecified atom stereocenters. The molecule has 7 heteroatoms. The van der Waals surface area contributed by atoms with Crippen molar-refractivity contribution in [3.63, 3.8) is 0 Å². The van der Waals surface area contributed by atoms with Crippen LogP contribution in [-0.4, -0.2) is 19.6 Å². The molecule has 0 aliphatic carbocycles. The fraction of sp³-hybridized carbons (Fsp3) is 0.133. The lowest BCUT2D eigenvalue weighted by molar-refractivity contribution is -0.114. The highest BCUT2D eigenvalue weighted by atomic mass is 35.5. The van der Waals surface area contributed by atoms with E-state index in [1.165, 1.54) is 7.11 Å². The Morgan fingerprint density at radius 1 is 1.18 bits per heavy atom. The minimum Gasteiger partial charge on any atom is -0.495 e. The van der Waals surface area contributed by atoms with Crippen LogP contribution in [0.2, 0.25) is 5.02 Å². The number of amides is 1. The molecule has 0 saturated heterocycles. The Labute approximate surface area is 131 Å². The summed E-state index contributed by atoms with van der Waals surface area (Å²) in [6.07, 6.45) is 0. The van der Waals surface area contributed by atoms with Crippen molar-refractivity contribution in [3.8, 4) is 5.75 Å². The average Bonchev–Trinajstić information content (AvgIpc) is 2.48. The summed E-state index contributed by atoms with van der Waals surface area (Å²) < 4.78 is 31.3. The first kappa shape index (κ1) is 16.0. The minimum absolute atomic E-state index is 0.0914. The summed E-state index contributed by atoms with van der Waals surface area (Å²) in [7, 11) is 1.49. The third-order valence-electron chi connectivity index (χ3n) is 2.81. The molecule has 0 aromatic heterocycles. The van der Waals surface area contributed by atoms with Crippen LogP contribution < -0.4 is 15.4 Å². The van der Waals surface area contributed by atoms with Crippen molar-refractivity contribution in [2.75, 3.05) is 24.3 Å². The molecule has 1 amide bonds. The summed E-state index contributed by atoms with van der Waals surface area (Å²) in [5, 5.41) is 5.66. The van der Waals surface area contributed by atoms with Gasteiger partial charge in [0.25, 0.3) is 0 Å². The Kier molecular flexibility index (Phi) is 5.16.